The molecule has 3 nitrogen and oxygen atoms in total. The largest absolute Gasteiger partial charge is 0.324 e. The SMILES string of the molecule is CC1CC(C)CC(C(N)c2cncnc2)C1. The third-order valence-corrected chi connectivity index (χ3v) is 3.69. The molecule has 3 unspecified atom stereocenters. The molecule has 0 bridgehead atoms. The highest BCUT2D eigenvalue weighted by Crippen LogP contribution is 2.38. The van der Waals surface area contributed by atoms with Gasteiger partial charge in [0.15, 0.2) is 0 Å². The molecular formula is C13H21N3. The minimum Gasteiger partial charge on any atom is -0.324 e. The maximum atomic E-state index is 6.31. The smallest absolute Gasteiger partial charge is 0.115 e. The van der Waals surface area contributed by atoms with E-state index in [1.54, 1.807) is 6.33 Å². The second-order valence-corrected chi connectivity index (χ2v) is 5.38. The van der Waals surface area contributed by atoms with Crippen molar-refractivity contribution in [1.29, 1.82) is 0 Å². The Balaban J connectivity index is 2.07. The maximum absolute atomic E-state index is 6.31. The topological polar surface area (TPSA) is 51.8 Å². The Morgan fingerprint density at radius 2 is 1.69 bits per heavy atom. The summed E-state index contributed by atoms with van der Waals surface area (Å²) in [6.07, 6.45) is 9.07. The van der Waals surface area contributed by atoms with Crippen molar-refractivity contribution in [1.82, 2.24) is 9.97 Å². The predicted molar refractivity (Wildman–Crippen MR) is 64.6 cm³/mol. The summed E-state index contributed by atoms with van der Waals surface area (Å²) in [7, 11) is 0. The van der Waals surface area contributed by atoms with Gasteiger partial charge in [-0.05, 0) is 37.0 Å². The van der Waals surface area contributed by atoms with E-state index >= 15 is 0 Å². The van der Waals surface area contributed by atoms with Gasteiger partial charge in [-0.1, -0.05) is 13.8 Å². The Morgan fingerprint density at radius 3 is 2.25 bits per heavy atom. The van der Waals surface area contributed by atoms with Crippen LogP contribution in [0.4, 0.5) is 0 Å². The summed E-state index contributed by atoms with van der Waals surface area (Å²) in [5.41, 5.74) is 7.39. The Hall–Kier alpha value is -0.960. The molecule has 1 heterocycles. The van der Waals surface area contributed by atoms with Crippen molar-refractivity contribution >= 4 is 0 Å². The zero-order chi connectivity index (χ0) is 11.5. The van der Waals surface area contributed by atoms with Crippen molar-refractivity contribution in [2.75, 3.05) is 0 Å². The number of aromatic nitrogens is 2. The first kappa shape index (κ1) is 11.5. The van der Waals surface area contributed by atoms with Gasteiger partial charge in [0.25, 0.3) is 0 Å². The molecule has 1 aliphatic rings. The monoisotopic (exact) mass is 219 g/mol. The van der Waals surface area contributed by atoms with Gasteiger partial charge in [-0.25, -0.2) is 9.97 Å². The van der Waals surface area contributed by atoms with E-state index in [9.17, 15) is 0 Å². The summed E-state index contributed by atoms with van der Waals surface area (Å²) in [4.78, 5) is 8.10. The molecule has 16 heavy (non-hydrogen) atoms. The summed E-state index contributed by atoms with van der Waals surface area (Å²) >= 11 is 0. The number of hydrogen-bond donors (Lipinski definition) is 1. The summed E-state index contributed by atoms with van der Waals surface area (Å²) in [5, 5.41) is 0. The second-order valence-electron chi connectivity index (χ2n) is 5.38. The molecule has 3 heteroatoms. The number of rotatable bonds is 2. The van der Waals surface area contributed by atoms with E-state index in [4.69, 9.17) is 5.73 Å². The van der Waals surface area contributed by atoms with E-state index in [0.717, 1.165) is 17.4 Å². The van der Waals surface area contributed by atoms with Crippen molar-refractivity contribution in [2.45, 2.75) is 39.2 Å². The van der Waals surface area contributed by atoms with Crippen LogP contribution in [0.25, 0.3) is 0 Å². The van der Waals surface area contributed by atoms with Gasteiger partial charge in [0.05, 0.1) is 0 Å². The molecule has 1 aromatic heterocycles. The van der Waals surface area contributed by atoms with Crippen LogP contribution in [0.2, 0.25) is 0 Å². The Bertz CT molecular complexity index is 315. The maximum Gasteiger partial charge on any atom is 0.115 e. The molecular weight excluding hydrogens is 198 g/mol. The minimum atomic E-state index is 0.103. The molecule has 1 aromatic rings. The molecule has 1 aliphatic carbocycles. The third kappa shape index (κ3) is 2.59. The first-order valence-electron chi connectivity index (χ1n) is 6.17. The van der Waals surface area contributed by atoms with Crippen molar-refractivity contribution in [3.63, 3.8) is 0 Å². The van der Waals surface area contributed by atoms with Gasteiger partial charge in [-0.15, -0.1) is 0 Å². The summed E-state index contributed by atoms with van der Waals surface area (Å²) < 4.78 is 0. The van der Waals surface area contributed by atoms with Crippen molar-refractivity contribution in [2.24, 2.45) is 23.5 Å². The van der Waals surface area contributed by atoms with Crippen LogP contribution in [-0.4, -0.2) is 9.97 Å². The molecule has 0 aromatic carbocycles. The van der Waals surface area contributed by atoms with E-state index in [1.807, 2.05) is 12.4 Å². The van der Waals surface area contributed by atoms with Crippen LogP contribution in [0, 0.1) is 17.8 Å². The molecule has 2 rings (SSSR count). The average Bonchev–Trinajstić information content (AvgIpc) is 2.28. The quantitative estimate of drug-likeness (QED) is 0.831. The van der Waals surface area contributed by atoms with Gasteiger partial charge < -0.3 is 5.73 Å². The molecule has 0 saturated heterocycles. The number of hydrogen-bond acceptors (Lipinski definition) is 3. The predicted octanol–water partition coefficient (Wildman–Crippen LogP) is 2.55. The molecule has 3 atom stereocenters. The highest BCUT2D eigenvalue weighted by atomic mass is 14.8. The van der Waals surface area contributed by atoms with Gasteiger partial charge >= 0.3 is 0 Å². The molecule has 1 saturated carbocycles. The van der Waals surface area contributed by atoms with Crippen molar-refractivity contribution in [3.8, 4) is 0 Å². The van der Waals surface area contributed by atoms with E-state index in [2.05, 4.69) is 23.8 Å². The fourth-order valence-electron chi connectivity index (χ4n) is 3.06. The number of nitrogens with zero attached hydrogens (tertiary/aromatic N) is 2. The van der Waals surface area contributed by atoms with Crippen LogP contribution in [-0.2, 0) is 0 Å². The first-order valence-corrected chi connectivity index (χ1v) is 6.17. The highest BCUT2D eigenvalue weighted by molar-refractivity contribution is 5.10. The van der Waals surface area contributed by atoms with E-state index in [0.29, 0.717) is 5.92 Å². The molecule has 0 spiro atoms. The Labute approximate surface area is 97.5 Å². The van der Waals surface area contributed by atoms with Crippen LogP contribution in [0.5, 0.6) is 0 Å². The highest BCUT2D eigenvalue weighted by Gasteiger charge is 2.28. The normalized spacial score (nSPS) is 32.3. The third-order valence-electron chi connectivity index (χ3n) is 3.69. The van der Waals surface area contributed by atoms with E-state index in [1.165, 1.54) is 19.3 Å². The molecule has 0 amide bonds. The standard InChI is InChI=1S/C13H21N3/c1-9-3-10(2)5-11(4-9)13(14)12-6-15-8-16-7-12/h6-11,13H,3-5,14H2,1-2H3. The van der Waals surface area contributed by atoms with Crippen molar-refractivity contribution in [3.05, 3.63) is 24.3 Å². The van der Waals surface area contributed by atoms with Crippen LogP contribution < -0.4 is 5.73 Å². The lowest BCUT2D eigenvalue weighted by Gasteiger charge is -2.34. The minimum absolute atomic E-state index is 0.103. The van der Waals surface area contributed by atoms with Gasteiger partial charge in [-0.2, -0.15) is 0 Å². The van der Waals surface area contributed by atoms with Crippen LogP contribution in [0.1, 0.15) is 44.7 Å². The number of nitrogens with two attached hydrogens (primary N) is 1. The van der Waals surface area contributed by atoms with Crippen LogP contribution >= 0.6 is 0 Å². The zero-order valence-electron chi connectivity index (χ0n) is 10.1. The lowest BCUT2D eigenvalue weighted by atomic mass is 9.73. The Kier molecular flexibility index (Phi) is 3.54. The van der Waals surface area contributed by atoms with Crippen LogP contribution in [0.3, 0.4) is 0 Å². The average molecular weight is 219 g/mol. The lowest BCUT2D eigenvalue weighted by Crippen LogP contribution is -2.29. The molecule has 88 valence electrons. The van der Waals surface area contributed by atoms with Gasteiger partial charge in [-0.3, -0.25) is 0 Å². The fraction of sp³-hybridized carbons (Fsp3) is 0.692. The summed E-state index contributed by atoms with van der Waals surface area (Å²) in [6.45, 7) is 4.66. The van der Waals surface area contributed by atoms with Gasteiger partial charge in [0.1, 0.15) is 6.33 Å². The first-order chi connectivity index (χ1) is 7.66. The van der Waals surface area contributed by atoms with E-state index in [-0.39, 0.29) is 6.04 Å². The summed E-state index contributed by atoms with van der Waals surface area (Å²) in [5.74, 6) is 2.18. The van der Waals surface area contributed by atoms with Crippen molar-refractivity contribution < 1.29 is 0 Å². The van der Waals surface area contributed by atoms with E-state index < -0.39 is 0 Å². The zero-order valence-corrected chi connectivity index (χ0v) is 10.1. The molecule has 0 aliphatic heterocycles. The molecule has 0 radical (unpaired) electrons. The van der Waals surface area contributed by atoms with Crippen LogP contribution in [0.15, 0.2) is 18.7 Å². The molecule has 2 N–H and O–H groups in total. The fourth-order valence-corrected chi connectivity index (χ4v) is 3.06. The lowest BCUT2D eigenvalue weighted by molar-refractivity contribution is 0.193. The Morgan fingerprint density at radius 1 is 1.12 bits per heavy atom. The second kappa shape index (κ2) is 4.91. The van der Waals surface area contributed by atoms with Gasteiger partial charge in [0, 0.05) is 24.0 Å². The van der Waals surface area contributed by atoms with Gasteiger partial charge in [0.2, 0.25) is 0 Å². The summed E-state index contributed by atoms with van der Waals surface area (Å²) in [6, 6.07) is 0.103. The molecule has 1 fully saturated rings.